The number of halogens is 2. The smallest absolute Gasteiger partial charge is 0.354 e. The van der Waals surface area contributed by atoms with E-state index >= 15 is 0 Å². The molecule has 0 bridgehead atoms. The Bertz CT molecular complexity index is 715. The molecular formula is C13H11BrClN3O3. The Labute approximate surface area is 133 Å². The molecule has 0 aliphatic heterocycles. The Morgan fingerprint density at radius 3 is 2.62 bits per heavy atom. The van der Waals surface area contributed by atoms with E-state index in [9.17, 15) is 9.59 Å². The second kappa shape index (κ2) is 6.19. The maximum Gasteiger partial charge on any atom is 0.354 e. The molecule has 0 aliphatic rings. The Balaban J connectivity index is 2.11. The third-order valence-electron chi connectivity index (χ3n) is 2.59. The van der Waals surface area contributed by atoms with E-state index in [-0.39, 0.29) is 11.4 Å². The number of anilines is 2. The Hall–Kier alpha value is -1.99. The summed E-state index contributed by atoms with van der Waals surface area (Å²) in [7, 11) is 0. The molecule has 1 heterocycles. The summed E-state index contributed by atoms with van der Waals surface area (Å²) >= 11 is 9.11. The van der Waals surface area contributed by atoms with E-state index in [0.717, 1.165) is 0 Å². The first-order valence-electron chi connectivity index (χ1n) is 5.83. The fraction of sp³-hybridized carbons (Fsp3) is 0.0769. The number of carboxylic acids is 1. The normalized spacial score (nSPS) is 10.2. The highest BCUT2D eigenvalue weighted by atomic mass is 79.9. The summed E-state index contributed by atoms with van der Waals surface area (Å²) in [6.07, 6.45) is 0. The molecule has 1 aromatic heterocycles. The lowest BCUT2D eigenvalue weighted by Crippen LogP contribution is -2.20. The number of urea groups is 1. The van der Waals surface area contributed by atoms with Crippen LogP contribution in [0.1, 0.15) is 16.2 Å². The number of rotatable bonds is 3. The van der Waals surface area contributed by atoms with E-state index in [4.69, 9.17) is 16.7 Å². The number of aromatic nitrogens is 1. The molecule has 1 aromatic carbocycles. The summed E-state index contributed by atoms with van der Waals surface area (Å²) in [5.41, 5.74) is 1.29. The number of aromatic amines is 1. The first-order chi connectivity index (χ1) is 9.86. The van der Waals surface area contributed by atoms with Gasteiger partial charge in [-0.05, 0) is 47.1 Å². The average Bonchev–Trinajstić information content (AvgIpc) is 2.75. The fourth-order valence-corrected chi connectivity index (χ4v) is 2.21. The van der Waals surface area contributed by atoms with Gasteiger partial charge in [-0.15, -0.1) is 0 Å². The maximum atomic E-state index is 11.9. The third-order valence-corrected chi connectivity index (χ3v) is 3.81. The quantitative estimate of drug-likeness (QED) is 0.654. The molecule has 6 nitrogen and oxygen atoms in total. The molecule has 0 aliphatic carbocycles. The number of carbonyl (C=O) groups is 2. The number of nitrogens with one attached hydrogen (secondary N) is 3. The number of aromatic carboxylic acids is 1. The van der Waals surface area contributed by atoms with E-state index in [0.29, 0.717) is 20.9 Å². The maximum absolute atomic E-state index is 11.9. The largest absolute Gasteiger partial charge is 0.477 e. The first kappa shape index (κ1) is 15.4. The van der Waals surface area contributed by atoms with Crippen molar-refractivity contribution in [1.82, 2.24) is 4.98 Å². The molecule has 2 aromatic rings. The van der Waals surface area contributed by atoms with Crippen LogP contribution >= 0.6 is 27.5 Å². The van der Waals surface area contributed by atoms with Crippen molar-refractivity contribution < 1.29 is 14.7 Å². The molecule has 21 heavy (non-hydrogen) atoms. The lowest BCUT2D eigenvalue weighted by Gasteiger charge is -2.08. The molecule has 2 amide bonds. The average molecular weight is 373 g/mol. The molecule has 0 saturated heterocycles. The van der Waals surface area contributed by atoms with Gasteiger partial charge in [0.1, 0.15) is 5.69 Å². The molecule has 8 heteroatoms. The summed E-state index contributed by atoms with van der Waals surface area (Å²) in [5, 5.41) is 14.6. The van der Waals surface area contributed by atoms with Gasteiger partial charge < -0.3 is 20.7 Å². The van der Waals surface area contributed by atoms with Crippen LogP contribution < -0.4 is 10.6 Å². The zero-order valence-corrected chi connectivity index (χ0v) is 13.2. The summed E-state index contributed by atoms with van der Waals surface area (Å²) in [5.74, 6) is -1.15. The van der Waals surface area contributed by atoms with Crippen LogP contribution in [0.3, 0.4) is 0 Å². The Morgan fingerprint density at radius 1 is 1.29 bits per heavy atom. The monoisotopic (exact) mass is 371 g/mol. The van der Waals surface area contributed by atoms with Crippen molar-refractivity contribution in [3.8, 4) is 0 Å². The molecule has 2 rings (SSSR count). The molecule has 0 atom stereocenters. The van der Waals surface area contributed by atoms with E-state index in [1.807, 2.05) is 0 Å². The minimum Gasteiger partial charge on any atom is -0.477 e. The third kappa shape index (κ3) is 3.77. The fourth-order valence-electron chi connectivity index (χ4n) is 1.72. The number of benzene rings is 1. The second-order valence-electron chi connectivity index (χ2n) is 4.25. The van der Waals surface area contributed by atoms with Gasteiger partial charge in [0.25, 0.3) is 0 Å². The molecule has 4 N–H and O–H groups in total. The van der Waals surface area contributed by atoms with Gasteiger partial charge in [0.2, 0.25) is 0 Å². The molecule has 0 radical (unpaired) electrons. The standard InChI is InChI=1S/C13H11BrClN3O3/c1-6-4-10(11(16-6)12(19)20)18-13(21)17-7-2-3-9(15)8(14)5-7/h2-5,16H,1H3,(H,19,20)(H2,17,18,21). The van der Waals surface area contributed by atoms with Crippen molar-refractivity contribution in [3.05, 3.63) is 45.1 Å². The van der Waals surface area contributed by atoms with Crippen LogP contribution in [0.4, 0.5) is 16.2 Å². The lowest BCUT2D eigenvalue weighted by atomic mass is 10.3. The zero-order chi connectivity index (χ0) is 15.6. The lowest BCUT2D eigenvalue weighted by molar-refractivity contribution is 0.0692. The SMILES string of the molecule is Cc1cc(NC(=O)Nc2ccc(Cl)c(Br)c2)c(C(=O)O)[nH]1. The first-order valence-corrected chi connectivity index (χ1v) is 7.00. The summed E-state index contributed by atoms with van der Waals surface area (Å²) < 4.78 is 0.644. The van der Waals surface area contributed by atoms with Gasteiger partial charge in [0, 0.05) is 15.9 Å². The molecule has 0 unspecified atom stereocenters. The highest BCUT2D eigenvalue weighted by molar-refractivity contribution is 9.10. The van der Waals surface area contributed by atoms with Gasteiger partial charge in [0.15, 0.2) is 0 Å². The molecule has 0 spiro atoms. The molecule has 110 valence electrons. The minimum atomic E-state index is -1.15. The Morgan fingerprint density at radius 2 is 2.00 bits per heavy atom. The zero-order valence-electron chi connectivity index (χ0n) is 10.8. The highest BCUT2D eigenvalue weighted by Crippen LogP contribution is 2.25. The van der Waals surface area contributed by atoms with Crippen molar-refractivity contribution in [2.75, 3.05) is 10.6 Å². The van der Waals surface area contributed by atoms with Gasteiger partial charge in [-0.2, -0.15) is 0 Å². The van der Waals surface area contributed by atoms with Gasteiger partial charge in [0.05, 0.1) is 10.7 Å². The number of H-pyrrole nitrogens is 1. The number of hydrogen-bond acceptors (Lipinski definition) is 2. The highest BCUT2D eigenvalue weighted by Gasteiger charge is 2.15. The molecular weight excluding hydrogens is 362 g/mol. The van der Waals surface area contributed by atoms with Crippen LogP contribution in [0.15, 0.2) is 28.7 Å². The topological polar surface area (TPSA) is 94.2 Å². The summed E-state index contributed by atoms with van der Waals surface area (Å²) in [4.78, 5) is 25.6. The van der Waals surface area contributed by atoms with Crippen LogP contribution in [-0.2, 0) is 0 Å². The number of carboxylic acid groups (broad SMARTS) is 1. The molecule has 0 saturated carbocycles. The van der Waals surface area contributed by atoms with Crippen molar-refractivity contribution in [2.24, 2.45) is 0 Å². The van der Waals surface area contributed by atoms with Crippen molar-refractivity contribution >= 4 is 50.9 Å². The van der Waals surface area contributed by atoms with Gasteiger partial charge in [-0.25, -0.2) is 9.59 Å². The summed E-state index contributed by atoms with van der Waals surface area (Å²) in [6.45, 7) is 1.70. The van der Waals surface area contributed by atoms with E-state index in [1.165, 1.54) is 0 Å². The van der Waals surface area contributed by atoms with Gasteiger partial charge in [-0.3, -0.25) is 0 Å². The van der Waals surface area contributed by atoms with Crippen molar-refractivity contribution in [2.45, 2.75) is 6.92 Å². The molecule has 0 fully saturated rings. The van der Waals surface area contributed by atoms with Crippen LogP contribution in [0.5, 0.6) is 0 Å². The predicted octanol–water partition coefficient (Wildman–Crippen LogP) is 4.08. The van der Waals surface area contributed by atoms with E-state index < -0.39 is 12.0 Å². The second-order valence-corrected chi connectivity index (χ2v) is 5.52. The minimum absolute atomic E-state index is 0.0695. The van der Waals surface area contributed by atoms with Crippen LogP contribution in [0.2, 0.25) is 5.02 Å². The number of carbonyl (C=O) groups excluding carboxylic acids is 1. The van der Waals surface area contributed by atoms with Crippen molar-refractivity contribution in [1.29, 1.82) is 0 Å². The number of hydrogen-bond donors (Lipinski definition) is 4. The van der Waals surface area contributed by atoms with Crippen LogP contribution in [0, 0.1) is 6.92 Å². The van der Waals surface area contributed by atoms with Gasteiger partial charge in [-0.1, -0.05) is 11.6 Å². The number of amides is 2. The van der Waals surface area contributed by atoms with E-state index in [2.05, 4.69) is 31.5 Å². The Kier molecular flexibility index (Phi) is 4.54. The van der Waals surface area contributed by atoms with Crippen molar-refractivity contribution in [3.63, 3.8) is 0 Å². The number of aryl methyl sites for hydroxylation is 1. The predicted molar refractivity (Wildman–Crippen MR) is 84.3 cm³/mol. The summed E-state index contributed by atoms with van der Waals surface area (Å²) in [6, 6.07) is 5.89. The van der Waals surface area contributed by atoms with Gasteiger partial charge >= 0.3 is 12.0 Å². The van der Waals surface area contributed by atoms with Crippen LogP contribution in [-0.4, -0.2) is 22.1 Å². The van der Waals surface area contributed by atoms with E-state index in [1.54, 1.807) is 31.2 Å². The van der Waals surface area contributed by atoms with Crippen LogP contribution in [0.25, 0.3) is 0 Å².